The molecule has 0 spiro atoms. The van der Waals surface area contributed by atoms with Crippen molar-refractivity contribution in [3.8, 4) is 11.1 Å². The fraction of sp³-hybridized carbons (Fsp3) is 0.0833. The molecule has 1 heterocycles. The molecule has 0 atom stereocenters. The molecule has 0 aliphatic carbocycles. The van der Waals surface area contributed by atoms with Crippen LogP contribution in [0.25, 0.3) is 11.1 Å². The van der Waals surface area contributed by atoms with Gasteiger partial charge >= 0.3 is 0 Å². The van der Waals surface area contributed by atoms with Gasteiger partial charge in [-0.1, -0.05) is 18.2 Å². The summed E-state index contributed by atoms with van der Waals surface area (Å²) in [5.41, 5.74) is 6.11. The molecule has 0 bridgehead atoms. The van der Waals surface area contributed by atoms with Crippen LogP contribution in [0.4, 0.5) is 14.6 Å². The molecule has 0 unspecified atom stereocenters. The van der Waals surface area contributed by atoms with Crippen LogP contribution in [0.3, 0.4) is 0 Å². The summed E-state index contributed by atoms with van der Waals surface area (Å²) in [6.07, 6.45) is 1.24. The molecule has 0 saturated carbocycles. The van der Waals surface area contributed by atoms with Gasteiger partial charge in [-0.05, 0) is 12.5 Å². The second-order valence-corrected chi connectivity index (χ2v) is 3.53. The van der Waals surface area contributed by atoms with Gasteiger partial charge in [-0.3, -0.25) is 0 Å². The Hall–Kier alpha value is -1.97. The Morgan fingerprint density at radius 2 is 1.94 bits per heavy atom. The van der Waals surface area contributed by atoms with Gasteiger partial charge in [-0.2, -0.15) is 0 Å². The zero-order valence-electron chi connectivity index (χ0n) is 8.67. The van der Waals surface area contributed by atoms with Crippen LogP contribution in [0.15, 0.2) is 30.5 Å². The maximum absolute atomic E-state index is 13.7. The number of nitrogen functional groups attached to an aromatic ring is 1. The molecule has 82 valence electrons. The zero-order chi connectivity index (χ0) is 11.7. The van der Waals surface area contributed by atoms with Crippen LogP contribution in [0.2, 0.25) is 0 Å². The Morgan fingerprint density at radius 3 is 2.62 bits per heavy atom. The first kappa shape index (κ1) is 10.5. The van der Waals surface area contributed by atoms with E-state index in [0.717, 1.165) is 6.07 Å². The lowest BCUT2D eigenvalue weighted by atomic mass is 10.0. The highest BCUT2D eigenvalue weighted by Gasteiger charge is 2.12. The third kappa shape index (κ3) is 1.74. The quantitative estimate of drug-likeness (QED) is 0.802. The van der Waals surface area contributed by atoms with Gasteiger partial charge in [0.15, 0.2) is 0 Å². The normalized spacial score (nSPS) is 10.4. The number of aromatic nitrogens is 1. The number of halogens is 2. The number of nitrogens with zero attached hydrogens (tertiary/aromatic N) is 1. The van der Waals surface area contributed by atoms with Crippen molar-refractivity contribution in [1.82, 2.24) is 4.98 Å². The Balaban J connectivity index is 2.63. The molecule has 0 aliphatic heterocycles. The van der Waals surface area contributed by atoms with Crippen molar-refractivity contribution in [3.63, 3.8) is 0 Å². The molecule has 16 heavy (non-hydrogen) atoms. The number of aryl methyl sites for hydroxylation is 1. The van der Waals surface area contributed by atoms with Gasteiger partial charge in [-0.15, -0.1) is 0 Å². The summed E-state index contributed by atoms with van der Waals surface area (Å²) in [4.78, 5) is 3.76. The molecule has 2 rings (SSSR count). The van der Waals surface area contributed by atoms with Crippen molar-refractivity contribution in [2.75, 3.05) is 5.73 Å². The topological polar surface area (TPSA) is 38.9 Å². The first-order valence-electron chi connectivity index (χ1n) is 4.76. The van der Waals surface area contributed by atoms with E-state index in [1.54, 1.807) is 19.1 Å². The molecule has 0 amide bonds. The molecule has 4 heteroatoms. The average Bonchev–Trinajstić information content (AvgIpc) is 2.23. The van der Waals surface area contributed by atoms with E-state index in [0.29, 0.717) is 5.56 Å². The molecule has 0 saturated heterocycles. The van der Waals surface area contributed by atoms with Crippen LogP contribution in [-0.2, 0) is 0 Å². The fourth-order valence-corrected chi connectivity index (χ4v) is 1.50. The van der Waals surface area contributed by atoms with Gasteiger partial charge < -0.3 is 5.73 Å². The second-order valence-electron chi connectivity index (χ2n) is 3.53. The van der Waals surface area contributed by atoms with Crippen molar-refractivity contribution < 1.29 is 8.78 Å². The minimum absolute atomic E-state index is 0.0781. The summed E-state index contributed by atoms with van der Waals surface area (Å²) in [5, 5.41) is 0. The van der Waals surface area contributed by atoms with Crippen molar-refractivity contribution in [2.24, 2.45) is 0 Å². The first-order valence-corrected chi connectivity index (χ1v) is 4.76. The molecule has 0 radical (unpaired) electrons. The summed E-state index contributed by atoms with van der Waals surface area (Å²) in [6, 6.07) is 5.89. The van der Waals surface area contributed by atoms with Gasteiger partial charge in [0.25, 0.3) is 0 Å². The minimum Gasteiger partial charge on any atom is -0.384 e. The average molecular weight is 220 g/mol. The smallest absolute Gasteiger partial charge is 0.136 e. The molecule has 0 fully saturated rings. The molecule has 0 aliphatic rings. The van der Waals surface area contributed by atoms with E-state index in [4.69, 9.17) is 5.73 Å². The van der Waals surface area contributed by atoms with Gasteiger partial charge in [0.1, 0.15) is 17.5 Å². The number of pyridine rings is 1. The predicted octanol–water partition coefficient (Wildman–Crippen LogP) is 2.92. The van der Waals surface area contributed by atoms with E-state index in [1.165, 1.54) is 12.3 Å². The summed E-state index contributed by atoms with van der Waals surface area (Å²) in [5.74, 6) is -0.931. The van der Waals surface area contributed by atoms with Crippen LogP contribution in [-0.4, -0.2) is 4.98 Å². The van der Waals surface area contributed by atoms with E-state index < -0.39 is 11.6 Å². The Labute approximate surface area is 91.7 Å². The summed E-state index contributed by atoms with van der Waals surface area (Å²) >= 11 is 0. The highest BCUT2D eigenvalue weighted by Crippen LogP contribution is 2.27. The number of benzene rings is 1. The number of nitrogens with two attached hydrogens (primary N) is 1. The van der Waals surface area contributed by atoms with E-state index in [1.807, 2.05) is 0 Å². The fourth-order valence-electron chi connectivity index (χ4n) is 1.50. The summed E-state index contributed by atoms with van der Waals surface area (Å²) in [7, 11) is 0. The third-order valence-corrected chi connectivity index (χ3v) is 2.36. The maximum atomic E-state index is 13.7. The second kappa shape index (κ2) is 3.89. The van der Waals surface area contributed by atoms with Crippen LogP contribution < -0.4 is 5.73 Å². The first-order chi connectivity index (χ1) is 7.59. The van der Waals surface area contributed by atoms with E-state index >= 15 is 0 Å². The lowest BCUT2D eigenvalue weighted by Crippen LogP contribution is -1.96. The molecular formula is C12H10F2N2. The summed E-state index contributed by atoms with van der Waals surface area (Å²) < 4.78 is 27.3. The zero-order valence-corrected chi connectivity index (χ0v) is 8.67. The molecular weight excluding hydrogens is 210 g/mol. The largest absolute Gasteiger partial charge is 0.384 e. The Morgan fingerprint density at radius 1 is 1.19 bits per heavy atom. The number of anilines is 1. The van der Waals surface area contributed by atoms with Crippen molar-refractivity contribution in [1.29, 1.82) is 0 Å². The van der Waals surface area contributed by atoms with Crippen molar-refractivity contribution in [2.45, 2.75) is 6.92 Å². The highest BCUT2D eigenvalue weighted by atomic mass is 19.1. The van der Waals surface area contributed by atoms with E-state index in [2.05, 4.69) is 4.98 Å². The molecule has 2 N–H and O–H groups in total. The van der Waals surface area contributed by atoms with Crippen LogP contribution >= 0.6 is 0 Å². The predicted molar refractivity (Wildman–Crippen MR) is 58.7 cm³/mol. The van der Waals surface area contributed by atoms with E-state index in [-0.39, 0.29) is 16.9 Å². The standard InChI is InChI=1S/C12H10F2N2/c1-7-3-2-4-8(12(7)14)9-6-16-11(15)5-10(9)13/h2-6H,1H3,(H2,15,16). The van der Waals surface area contributed by atoms with Crippen LogP contribution in [0.5, 0.6) is 0 Å². The van der Waals surface area contributed by atoms with Crippen molar-refractivity contribution in [3.05, 3.63) is 47.7 Å². The van der Waals surface area contributed by atoms with Crippen molar-refractivity contribution >= 4 is 5.82 Å². The van der Waals surface area contributed by atoms with Gasteiger partial charge in [0.05, 0.1) is 0 Å². The molecule has 1 aromatic heterocycles. The number of hydrogen-bond donors (Lipinski definition) is 1. The van der Waals surface area contributed by atoms with Gasteiger partial charge in [-0.25, -0.2) is 13.8 Å². The van der Waals surface area contributed by atoms with E-state index in [9.17, 15) is 8.78 Å². The lowest BCUT2D eigenvalue weighted by molar-refractivity contribution is 0.610. The van der Waals surface area contributed by atoms with Gasteiger partial charge in [0, 0.05) is 23.4 Å². The minimum atomic E-state index is -0.572. The monoisotopic (exact) mass is 220 g/mol. The molecule has 2 aromatic rings. The third-order valence-electron chi connectivity index (χ3n) is 2.36. The molecule has 2 nitrogen and oxygen atoms in total. The SMILES string of the molecule is Cc1cccc(-c2cnc(N)cc2F)c1F. The van der Waals surface area contributed by atoms with Gasteiger partial charge in [0.2, 0.25) is 0 Å². The maximum Gasteiger partial charge on any atom is 0.136 e. The Bertz CT molecular complexity index is 539. The van der Waals surface area contributed by atoms with Crippen LogP contribution in [0, 0.1) is 18.6 Å². The molecule has 1 aromatic carbocycles. The number of rotatable bonds is 1. The highest BCUT2D eigenvalue weighted by molar-refractivity contribution is 5.65. The van der Waals surface area contributed by atoms with Crippen LogP contribution in [0.1, 0.15) is 5.56 Å². The summed E-state index contributed by atoms with van der Waals surface area (Å²) in [6.45, 7) is 1.63. The Kier molecular flexibility index (Phi) is 2.56. The number of hydrogen-bond acceptors (Lipinski definition) is 2. The lowest BCUT2D eigenvalue weighted by Gasteiger charge is -2.06.